The number of nitriles is 1. The van der Waals surface area contributed by atoms with E-state index in [0.29, 0.717) is 17.4 Å². The molecule has 5 heteroatoms. The summed E-state index contributed by atoms with van der Waals surface area (Å²) >= 11 is 1.62. The van der Waals surface area contributed by atoms with E-state index in [4.69, 9.17) is 9.78 Å². The number of aromatic nitrogens is 2. The second-order valence-corrected chi connectivity index (χ2v) is 6.08. The van der Waals surface area contributed by atoms with E-state index in [1.54, 1.807) is 17.8 Å². The van der Waals surface area contributed by atoms with Gasteiger partial charge in [0.1, 0.15) is 0 Å². The van der Waals surface area contributed by atoms with Gasteiger partial charge < -0.3 is 4.52 Å². The van der Waals surface area contributed by atoms with Crippen molar-refractivity contribution in [2.75, 3.05) is 0 Å². The summed E-state index contributed by atoms with van der Waals surface area (Å²) in [6.07, 6.45) is 2.34. The molecule has 0 N–H and O–H groups in total. The number of rotatable bonds is 4. The largest absolute Gasteiger partial charge is 0.338 e. The Morgan fingerprint density at radius 3 is 3.05 bits per heavy atom. The minimum Gasteiger partial charge on any atom is -0.338 e. The lowest BCUT2D eigenvalue weighted by Crippen LogP contribution is -1.90. The fourth-order valence-corrected chi connectivity index (χ4v) is 2.77. The van der Waals surface area contributed by atoms with Gasteiger partial charge in [0.15, 0.2) is 5.82 Å². The second kappa shape index (κ2) is 5.06. The number of benzene rings is 1. The number of hydrogen-bond acceptors (Lipinski definition) is 5. The highest BCUT2D eigenvalue weighted by molar-refractivity contribution is 7.99. The smallest absolute Gasteiger partial charge is 0.239 e. The van der Waals surface area contributed by atoms with Crippen molar-refractivity contribution >= 4 is 11.8 Å². The number of hydrogen-bond donors (Lipinski definition) is 0. The third kappa shape index (κ3) is 2.79. The number of thioether (sulfide) groups is 1. The van der Waals surface area contributed by atoms with Crippen molar-refractivity contribution in [3.05, 3.63) is 41.5 Å². The van der Waals surface area contributed by atoms with E-state index in [1.165, 1.54) is 12.8 Å². The third-order valence-electron chi connectivity index (χ3n) is 3.02. The first-order chi connectivity index (χ1) is 9.26. The van der Waals surface area contributed by atoms with E-state index in [0.717, 1.165) is 10.7 Å². The van der Waals surface area contributed by atoms with Crippen LogP contribution in [0.2, 0.25) is 0 Å². The molecule has 0 spiro atoms. The van der Waals surface area contributed by atoms with Crippen molar-refractivity contribution in [3.8, 4) is 6.07 Å². The summed E-state index contributed by atoms with van der Waals surface area (Å²) in [7, 11) is 0. The quantitative estimate of drug-likeness (QED) is 0.794. The van der Waals surface area contributed by atoms with E-state index < -0.39 is 0 Å². The molecule has 1 fully saturated rings. The van der Waals surface area contributed by atoms with Gasteiger partial charge in [0, 0.05) is 10.8 Å². The van der Waals surface area contributed by atoms with Crippen LogP contribution in [0.5, 0.6) is 0 Å². The molecule has 4 nitrogen and oxygen atoms in total. The fourth-order valence-electron chi connectivity index (χ4n) is 1.81. The molecule has 1 aliphatic carbocycles. The van der Waals surface area contributed by atoms with Gasteiger partial charge in [-0.25, -0.2) is 0 Å². The van der Waals surface area contributed by atoms with E-state index in [2.05, 4.69) is 16.2 Å². The molecule has 0 amide bonds. The molecule has 1 heterocycles. The Bertz CT molecular complexity index is 628. The van der Waals surface area contributed by atoms with Crippen molar-refractivity contribution < 1.29 is 4.52 Å². The highest BCUT2D eigenvalue weighted by atomic mass is 32.2. The van der Waals surface area contributed by atoms with E-state index >= 15 is 0 Å². The summed E-state index contributed by atoms with van der Waals surface area (Å²) in [6, 6.07) is 9.69. The van der Waals surface area contributed by atoms with Crippen LogP contribution in [0.3, 0.4) is 0 Å². The van der Waals surface area contributed by atoms with Crippen LogP contribution in [0.1, 0.15) is 48.2 Å². The van der Waals surface area contributed by atoms with Crippen LogP contribution in [-0.2, 0) is 0 Å². The topological polar surface area (TPSA) is 62.7 Å². The zero-order valence-electron chi connectivity index (χ0n) is 10.5. The number of nitrogens with zero attached hydrogens (tertiary/aromatic N) is 3. The molecular weight excluding hydrogens is 258 g/mol. The van der Waals surface area contributed by atoms with Gasteiger partial charge in [0.05, 0.1) is 16.9 Å². The first-order valence-corrected chi connectivity index (χ1v) is 7.14. The van der Waals surface area contributed by atoms with Gasteiger partial charge in [-0.3, -0.25) is 0 Å². The SMILES string of the molecule is C[C@@H](Sc1cccc(C#N)c1)c1nc(C2CC2)no1. The average Bonchev–Trinajstić information content (AvgIpc) is 3.16. The van der Waals surface area contributed by atoms with E-state index in [9.17, 15) is 0 Å². The van der Waals surface area contributed by atoms with Gasteiger partial charge in [-0.15, -0.1) is 11.8 Å². The van der Waals surface area contributed by atoms with Gasteiger partial charge in [-0.05, 0) is 38.0 Å². The standard InChI is InChI=1S/C14H13N3OS/c1-9(14-16-13(17-18-14)11-5-6-11)19-12-4-2-3-10(7-12)8-15/h2-4,7,9,11H,5-6H2,1H3/t9-/m1/s1. The first-order valence-electron chi connectivity index (χ1n) is 6.26. The highest BCUT2D eigenvalue weighted by Crippen LogP contribution is 2.40. The minimum absolute atomic E-state index is 0.0916. The molecule has 0 radical (unpaired) electrons. The van der Waals surface area contributed by atoms with Crippen molar-refractivity contribution in [2.45, 2.75) is 35.8 Å². The Kier molecular flexibility index (Phi) is 3.26. The summed E-state index contributed by atoms with van der Waals surface area (Å²) in [4.78, 5) is 5.49. The fraction of sp³-hybridized carbons (Fsp3) is 0.357. The molecule has 1 aromatic heterocycles. The van der Waals surface area contributed by atoms with Crippen molar-refractivity contribution in [3.63, 3.8) is 0 Å². The normalized spacial score (nSPS) is 16.0. The van der Waals surface area contributed by atoms with Crippen LogP contribution in [0.15, 0.2) is 33.7 Å². The lowest BCUT2D eigenvalue weighted by Gasteiger charge is -2.06. The summed E-state index contributed by atoms with van der Waals surface area (Å²) in [6.45, 7) is 2.04. The lowest BCUT2D eigenvalue weighted by atomic mass is 10.2. The zero-order chi connectivity index (χ0) is 13.2. The van der Waals surface area contributed by atoms with E-state index in [-0.39, 0.29) is 5.25 Å². The van der Waals surface area contributed by atoms with Crippen LogP contribution >= 0.6 is 11.8 Å². The van der Waals surface area contributed by atoms with Crippen LogP contribution in [0, 0.1) is 11.3 Å². The highest BCUT2D eigenvalue weighted by Gasteiger charge is 2.29. The molecule has 2 aromatic rings. The van der Waals surface area contributed by atoms with Crippen molar-refractivity contribution in [1.29, 1.82) is 5.26 Å². The van der Waals surface area contributed by atoms with E-state index in [1.807, 2.05) is 25.1 Å². The molecule has 0 saturated heterocycles. The Morgan fingerprint density at radius 2 is 2.32 bits per heavy atom. The first kappa shape index (κ1) is 12.2. The van der Waals surface area contributed by atoms with Crippen LogP contribution in [0.4, 0.5) is 0 Å². The molecule has 96 valence electrons. The molecule has 0 bridgehead atoms. The van der Waals surface area contributed by atoms with Crippen molar-refractivity contribution in [2.24, 2.45) is 0 Å². The molecule has 0 aliphatic heterocycles. The third-order valence-corrected chi connectivity index (χ3v) is 4.10. The Morgan fingerprint density at radius 1 is 1.47 bits per heavy atom. The minimum atomic E-state index is 0.0916. The van der Waals surface area contributed by atoms with Gasteiger partial charge in [-0.1, -0.05) is 11.2 Å². The second-order valence-electron chi connectivity index (χ2n) is 4.66. The van der Waals surface area contributed by atoms with Gasteiger partial charge in [0.25, 0.3) is 0 Å². The molecule has 19 heavy (non-hydrogen) atoms. The summed E-state index contributed by atoms with van der Waals surface area (Å²) in [5, 5.41) is 13.0. The van der Waals surface area contributed by atoms with Crippen LogP contribution < -0.4 is 0 Å². The lowest BCUT2D eigenvalue weighted by molar-refractivity contribution is 0.375. The molecular formula is C14H13N3OS. The molecule has 1 saturated carbocycles. The Balaban J connectivity index is 1.72. The van der Waals surface area contributed by atoms with Gasteiger partial charge in [-0.2, -0.15) is 10.2 Å². The van der Waals surface area contributed by atoms with Gasteiger partial charge in [0.2, 0.25) is 5.89 Å². The summed E-state index contributed by atoms with van der Waals surface area (Å²) in [5.74, 6) is 2.01. The maximum Gasteiger partial charge on any atom is 0.239 e. The summed E-state index contributed by atoms with van der Waals surface area (Å²) in [5.41, 5.74) is 0.668. The van der Waals surface area contributed by atoms with Gasteiger partial charge >= 0.3 is 0 Å². The Labute approximate surface area is 115 Å². The van der Waals surface area contributed by atoms with Crippen molar-refractivity contribution in [1.82, 2.24) is 10.1 Å². The molecule has 1 aliphatic rings. The Hall–Kier alpha value is -1.80. The predicted octanol–water partition coefficient (Wildman–Crippen LogP) is 3.67. The predicted molar refractivity (Wildman–Crippen MR) is 71.7 cm³/mol. The monoisotopic (exact) mass is 271 g/mol. The zero-order valence-corrected chi connectivity index (χ0v) is 11.4. The maximum absolute atomic E-state index is 8.88. The molecule has 1 atom stereocenters. The molecule has 0 unspecified atom stereocenters. The molecule has 1 aromatic carbocycles. The van der Waals surface area contributed by atoms with Crippen LogP contribution in [-0.4, -0.2) is 10.1 Å². The summed E-state index contributed by atoms with van der Waals surface area (Å²) < 4.78 is 5.31. The molecule has 3 rings (SSSR count). The maximum atomic E-state index is 8.88. The van der Waals surface area contributed by atoms with Crippen LogP contribution in [0.25, 0.3) is 0 Å². The average molecular weight is 271 g/mol.